The summed E-state index contributed by atoms with van der Waals surface area (Å²) in [4.78, 5) is 15.0. The van der Waals surface area contributed by atoms with E-state index in [1.54, 1.807) is 6.20 Å². The zero-order valence-electron chi connectivity index (χ0n) is 9.16. The second-order valence-electron chi connectivity index (χ2n) is 4.20. The minimum atomic E-state index is -0.298. The molecule has 0 aliphatic rings. The van der Waals surface area contributed by atoms with Crippen molar-refractivity contribution in [2.45, 2.75) is 32.4 Å². The molecule has 0 aromatic carbocycles. The van der Waals surface area contributed by atoms with E-state index in [9.17, 15) is 4.79 Å². The van der Waals surface area contributed by atoms with Gasteiger partial charge in [0.15, 0.2) is 0 Å². The summed E-state index contributed by atoms with van der Waals surface area (Å²) < 4.78 is 0. The number of nitrogens with zero attached hydrogens (tertiary/aromatic N) is 1. The lowest BCUT2D eigenvalue weighted by Crippen LogP contribution is -2.42. The van der Waals surface area contributed by atoms with Crippen LogP contribution in [0.15, 0.2) is 24.4 Å². The highest BCUT2D eigenvalue weighted by atomic mass is 16.1. The molecule has 0 aliphatic heterocycles. The molecule has 15 heavy (non-hydrogen) atoms. The van der Waals surface area contributed by atoms with Gasteiger partial charge in [-0.3, -0.25) is 9.78 Å². The summed E-state index contributed by atoms with van der Waals surface area (Å²) in [5, 5.41) is 3.24. The summed E-state index contributed by atoms with van der Waals surface area (Å²) >= 11 is 0. The molecule has 0 saturated heterocycles. The molecule has 1 heterocycles. The van der Waals surface area contributed by atoms with Gasteiger partial charge >= 0.3 is 0 Å². The molecule has 4 heteroatoms. The van der Waals surface area contributed by atoms with Crippen LogP contribution in [0.3, 0.4) is 0 Å². The molecule has 1 aromatic heterocycles. The third-order valence-corrected chi connectivity index (χ3v) is 2.09. The number of rotatable bonds is 5. The van der Waals surface area contributed by atoms with Crippen molar-refractivity contribution < 1.29 is 4.79 Å². The summed E-state index contributed by atoms with van der Waals surface area (Å²) in [6.07, 6.45) is 2.07. The van der Waals surface area contributed by atoms with Gasteiger partial charge in [-0.25, -0.2) is 0 Å². The summed E-state index contributed by atoms with van der Waals surface area (Å²) in [7, 11) is 0. The fourth-order valence-electron chi connectivity index (χ4n) is 1.33. The third kappa shape index (κ3) is 4.56. The van der Waals surface area contributed by atoms with Crippen LogP contribution in [0, 0.1) is 0 Å². The average molecular weight is 207 g/mol. The van der Waals surface area contributed by atoms with Crippen LogP contribution < -0.4 is 11.1 Å². The maximum absolute atomic E-state index is 10.8. The number of amides is 1. The molecule has 0 spiro atoms. The van der Waals surface area contributed by atoms with Crippen LogP contribution in [-0.4, -0.2) is 16.4 Å². The van der Waals surface area contributed by atoms with Gasteiger partial charge in [0.05, 0.1) is 5.69 Å². The van der Waals surface area contributed by atoms with Crippen molar-refractivity contribution in [3.05, 3.63) is 30.1 Å². The minimum absolute atomic E-state index is 0.288. The van der Waals surface area contributed by atoms with Crippen LogP contribution in [0.4, 0.5) is 0 Å². The van der Waals surface area contributed by atoms with E-state index in [4.69, 9.17) is 5.73 Å². The first-order valence-electron chi connectivity index (χ1n) is 4.93. The fourth-order valence-corrected chi connectivity index (χ4v) is 1.33. The Bertz CT molecular complexity index is 322. The number of hydrogen-bond acceptors (Lipinski definition) is 3. The van der Waals surface area contributed by atoms with Gasteiger partial charge in [0.25, 0.3) is 0 Å². The van der Waals surface area contributed by atoms with Crippen molar-refractivity contribution in [1.82, 2.24) is 10.3 Å². The van der Waals surface area contributed by atoms with Crippen molar-refractivity contribution in [3.63, 3.8) is 0 Å². The van der Waals surface area contributed by atoms with Crippen LogP contribution in [-0.2, 0) is 11.3 Å². The number of hydrogen-bond donors (Lipinski definition) is 2. The van der Waals surface area contributed by atoms with Gasteiger partial charge in [-0.1, -0.05) is 6.07 Å². The Balaban J connectivity index is 2.46. The van der Waals surface area contributed by atoms with E-state index < -0.39 is 0 Å². The van der Waals surface area contributed by atoms with E-state index in [1.807, 2.05) is 32.0 Å². The highest BCUT2D eigenvalue weighted by molar-refractivity contribution is 5.74. The summed E-state index contributed by atoms with van der Waals surface area (Å²) in [5.41, 5.74) is 5.82. The molecule has 4 nitrogen and oxygen atoms in total. The first kappa shape index (κ1) is 11.7. The quantitative estimate of drug-likeness (QED) is 0.751. The number of pyridine rings is 1. The van der Waals surface area contributed by atoms with Gasteiger partial charge in [0, 0.05) is 24.7 Å². The highest BCUT2D eigenvalue weighted by Gasteiger charge is 2.19. The first-order valence-corrected chi connectivity index (χ1v) is 4.93. The number of carbonyl (C=O) groups excluding carboxylic acids is 1. The molecule has 0 unspecified atom stereocenters. The van der Waals surface area contributed by atoms with E-state index in [0.29, 0.717) is 13.0 Å². The zero-order valence-corrected chi connectivity index (χ0v) is 9.16. The molecule has 3 N–H and O–H groups in total. The normalized spacial score (nSPS) is 11.3. The topological polar surface area (TPSA) is 68.0 Å². The number of nitrogens with two attached hydrogens (primary N) is 1. The molecule has 0 fully saturated rings. The second-order valence-corrected chi connectivity index (χ2v) is 4.20. The van der Waals surface area contributed by atoms with Crippen molar-refractivity contribution >= 4 is 5.91 Å². The zero-order chi connectivity index (χ0) is 11.3. The van der Waals surface area contributed by atoms with Crippen LogP contribution in [0.25, 0.3) is 0 Å². The largest absolute Gasteiger partial charge is 0.370 e. The summed E-state index contributed by atoms with van der Waals surface area (Å²) in [5.74, 6) is -0.298. The van der Waals surface area contributed by atoms with Gasteiger partial charge < -0.3 is 11.1 Å². The number of carbonyl (C=O) groups is 1. The molecule has 1 rings (SSSR count). The molecule has 0 aliphatic carbocycles. The lowest BCUT2D eigenvalue weighted by Gasteiger charge is -2.24. The molecule has 0 radical (unpaired) electrons. The Labute approximate surface area is 89.9 Å². The summed E-state index contributed by atoms with van der Waals surface area (Å²) in [6.45, 7) is 4.53. The molecule has 1 aromatic rings. The molecule has 82 valence electrons. The number of primary amides is 1. The van der Waals surface area contributed by atoms with Crippen molar-refractivity contribution in [2.24, 2.45) is 5.73 Å². The molecule has 0 saturated carbocycles. The standard InChI is InChI=1S/C11H17N3O/c1-11(2,7-10(12)15)14-8-9-5-3-4-6-13-9/h3-6,14H,7-8H2,1-2H3,(H2,12,15). The van der Waals surface area contributed by atoms with Crippen LogP contribution in [0.2, 0.25) is 0 Å². The van der Waals surface area contributed by atoms with Crippen molar-refractivity contribution in [3.8, 4) is 0 Å². The van der Waals surface area contributed by atoms with Crippen LogP contribution in [0.5, 0.6) is 0 Å². The van der Waals surface area contributed by atoms with E-state index >= 15 is 0 Å². The minimum Gasteiger partial charge on any atom is -0.370 e. The predicted molar refractivity (Wildman–Crippen MR) is 59.0 cm³/mol. The molecule has 0 atom stereocenters. The van der Waals surface area contributed by atoms with Crippen LogP contribution in [0.1, 0.15) is 26.0 Å². The Kier molecular flexibility index (Phi) is 3.80. The average Bonchev–Trinajstić information content (AvgIpc) is 2.15. The third-order valence-electron chi connectivity index (χ3n) is 2.09. The Morgan fingerprint density at radius 3 is 2.80 bits per heavy atom. The SMILES string of the molecule is CC(C)(CC(N)=O)NCc1ccccn1. The van der Waals surface area contributed by atoms with Gasteiger partial charge in [-0.2, -0.15) is 0 Å². The maximum atomic E-state index is 10.8. The molecular weight excluding hydrogens is 190 g/mol. The smallest absolute Gasteiger partial charge is 0.219 e. The fraction of sp³-hybridized carbons (Fsp3) is 0.455. The first-order chi connectivity index (χ1) is 6.99. The van der Waals surface area contributed by atoms with Crippen molar-refractivity contribution in [2.75, 3.05) is 0 Å². The van der Waals surface area contributed by atoms with E-state index in [1.165, 1.54) is 0 Å². The number of aromatic nitrogens is 1. The van der Waals surface area contributed by atoms with E-state index in [0.717, 1.165) is 5.69 Å². The maximum Gasteiger partial charge on any atom is 0.219 e. The highest BCUT2D eigenvalue weighted by Crippen LogP contribution is 2.08. The number of nitrogens with one attached hydrogen (secondary N) is 1. The van der Waals surface area contributed by atoms with E-state index in [-0.39, 0.29) is 11.4 Å². The van der Waals surface area contributed by atoms with E-state index in [2.05, 4.69) is 10.3 Å². The molecule has 0 bridgehead atoms. The van der Waals surface area contributed by atoms with Gasteiger partial charge in [-0.15, -0.1) is 0 Å². The van der Waals surface area contributed by atoms with Crippen LogP contribution >= 0.6 is 0 Å². The van der Waals surface area contributed by atoms with Gasteiger partial charge in [-0.05, 0) is 26.0 Å². The van der Waals surface area contributed by atoms with Gasteiger partial charge in [0.2, 0.25) is 5.91 Å². The predicted octanol–water partition coefficient (Wildman–Crippen LogP) is 0.825. The van der Waals surface area contributed by atoms with Crippen molar-refractivity contribution in [1.29, 1.82) is 0 Å². The molecular formula is C11H17N3O. The molecule has 1 amide bonds. The lowest BCUT2D eigenvalue weighted by molar-refractivity contribution is -0.119. The Hall–Kier alpha value is -1.42. The monoisotopic (exact) mass is 207 g/mol. The summed E-state index contributed by atoms with van der Waals surface area (Å²) in [6, 6.07) is 5.75. The van der Waals surface area contributed by atoms with Gasteiger partial charge in [0.1, 0.15) is 0 Å². The second kappa shape index (κ2) is 4.89. The lowest BCUT2D eigenvalue weighted by atomic mass is 10.0. The Morgan fingerprint density at radius 2 is 2.27 bits per heavy atom. The Morgan fingerprint density at radius 1 is 1.53 bits per heavy atom.